The quantitative estimate of drug-likeness (QED) is 0.416. The summed E-state index contributed by atoms with van der Waals surface area (Å²) in [7, 11) is 0. The van der Waals surface area contributed by atoms with E-state index < -0.39 is 0 Å². The Labute approximate surface area is 176 Å². The summed E-state index contributed by atoms with van der Waals surface area (Å²) in [5.41, 5.74) is 3.04. The van der Waals surface area contributed by atoms with Crippen molar-refractivity contribution in [2.75, 3.05) is 5.32 Å². The second-order valence-electron chi connectivity index (χ2n) is 6.69. The highest BCUT2D eigenvalue weighted by molar-refractivity contribution is 5.92. The van der Waals surface area contributed by atoms with Gasteiger partial charge in [0.25, 0.3) is 0 Å². The van der Waals surface area contributed by atoms with Crippen molar-refractivity contribution in [3.63, 3.8) is 0 Å². The summed E-state index contributed by atoms with van der Waals surface area (Å²) in [5.74, 6) is -0.246. The van der Waals surface area contributed by atoms with Gasteiger partial charge < -0.3 is 5.32 Å². The maximum atomic E-state index is 14.3. The fourth-order valence-corrected chi connectivity index (χ4v) is 3.40. The van der Waals surface area contributed by atoms with Crippen molar-refractivity contribution in [1.29, 1.82) is 0 Å². The monoisotopic (exact) mass is 423 g/mol. The molecule has 150 valence electrons. The van der Waals surface area contributed by atoms with Crippen LogP contribution in [0.5, 0.6) is 0 Å². The van der Waals surface area contributed by atoms with E-state index in [1.54, 1.807) is 24.4 Å². The van der Waals surface area contributed by atoms with Crippen LogP contribution in [0.25, 0.3) is 21.8 Å². The standard InChI is InChI=1S/C22H15F2N5.ClH/c23-16-4-1-3-14(9-16)12-29-20-8-7-17(10-15(20)11-27-29)28-22-21-18(24)5-2-6-19(21)25-13-26-22;/h1-11,13H,12H2,(H,25,26,28);1H. The SMILES string of the molecule is Cl.Fc1cccc(Cn2ncc3cc(Nc4ncnc5cccc(F)c45)ccc32)c1. The minimum absolute atomic E-state index is 0. The molecule has 5 nitrogen and oxygen atoms in total. The molecule has 5 aromatic rings. The van der Waals surface area contributed by atoms with E-state index in [4.69, 9.17) is 0 Å². The molecule has 0 amide bonds. The van der Waals surface area contributed by atoms with Gasteiger partial charge in [-0.1, -0.05) is 18.2 Å². The van der Waals surface area contributed by atoms with Gasteiger partial charge in [0.15, 0.2) is 0 Å². The lowest BCUT2D eigenvalue weighted by Gasteiger charge is -2.09. The van der Waals surface area contributed by atoms with Crippen molar-refractivity contribution in [2.45, 2.75) is 6.54 Å². The summed E-state index contributed by atoms with van der Waals surface area (Å²) in [6.45, 7) is 0.468. The number of anilines is 2. The highest BCUT2D eigenvalue weighted by atomic mass is 35.5. The molecule has 0 atom stereocenters. The minimum atomic E-state index is -0.380. The number of fused-ring (bicyclic) bond motifs is 2. The molecule has 2 heterocycles. The van der Waals surface area contributed by atoms with Crippen LogP contribution in [-0.4, -0.2) is 19.7 Å². The van der Waals surface area contributed by atoms with Crippen LogP contribution in [0, 0.1) is 11.6 Å². The molecule has 1 N–H and O–H groups in total. The summed E-state index contributed by atoms with van der Waals surface area (Å²) >= 11 is 0. The van der Waals surface area contributed by atoms with Gasteiger partial charge in [-0.3, -0.25) is 4.68 Å². The molecule has 0 fully saturated rings. The molecule has 0 aliphatic carbocycles. The fourth-order valence-electron chi connectivity index (χ4n) is 3.40. The first-order valence-corrected chi connectivity index (χ1v) is 9.04. The molecule has 0 saturated carbocycles. The Balaban J connectivity index is 0.00000218. The summed E-state index contributed by atoms with van der Waals surface area (Å²) in [6, 6.07) is 16.9. The smallest absolute Gasteiger partial charge is 0.144 e. The number of nitrogens with one attached hydrogen (secondary N) is 1. The van der Waals surface area contributed by atoms with Crippen molar-refractivity contribution in [3.8, 4) is 0 Å². The first kappa shape index (κ1) is 19.7. The van der Waals surface area contributed by atoms with Crippen molar-refractivity contribution >= 4 is 45.7 Å². The van der Waals surface area contributed by atoms with E-state index in [1.165, 1.54) is 24.5 Å². The maximum absolute atomic E-state index is 14.3. The largest absolute Gasteiger partial charge is 0.340 e. The van der Waals surface area contributed by atoms with Gasteiger partial charge in [-0.05, 0) is 48.0 Å². The molecule has 8 heteroatoms. The Morgan fingerprint density at radius 2 is 1.80 bits per heavy atom. The van der Waals surface area contributed by atoms with E-state index in [0.29, 0.717) is 23.3 Å². The zero-order chi connectivity index (χ0) is 19.8. The topological polar surface area (TPSA) is 55.6 Å². The van der Waals surface area contributed by atoms with Crippen molar-refractivity contribution in [1.82, 2.24) is 19.7 Å². The molecular weight excluding hydrogens is 408 g/mol. The second kappa shape index (κ2) is 8.04. The highest BCUT2D eigenvalue weighted by Crippen LogP contribution is 2.27. The van der Waals surface area contributed by atoms with Crippen LogP contribution in [0.1, 0.15) is 5.56 Å². The van der Waals surface area contributed by atoms with Crippen molar-refractivity contribution in [3.05, 3.63) is 90.4 Å². The number of nitrogens with zero attached hydrogens (tertiary/aromatic N) is 4. The average Bonchev–Trinajstić information content (AvgIpc) is 3.10. The van der Waals surface area contributed by atoms with Gasteiger partial charge in [0.2, 0.25) is 0 Å². The van der Waals surface area contributed by atoms with Gasteiger partial charge in [-0.2, -0.15) is 5.10 Å². The fraction of sp³-hybridized carbons (Fsp3) is 0.0455. The molecule has 0 bridgehead atoms. The van der Waals surface area contributed by atoms with Crippen molar-refractivity contribution in [2.24, 2.45) is 0 Å². The Morgan fingerprint density at radius 1 is 0.933 bits per heavy atom. The lowest BCUT2D eigenvalue weighted by molar-refractivity contribution is 0.621. The number of halogens is 3. The van der Waals surface area contributed by atoms with Gasteiger partial charge in [0, 0.05) is 11.1 Å². The zero-order valence-electron chi connectivity index (χ0n) is 15.6. The van der Waals surface area contributed by atoms with Gasteiger partial charge in [-0.15, -0.1) is 12.4 Å². The normalized spacial score (nSPS) is 10.9. The average molecular weight is 424 g/mol. The van der Waals surface area contributed by atoms with Gasteiger partial charge in [0.1, 0.15) is 23.8 Å². The summed E-state index contributed by atoms with van der Waals surface area (Å²) in [6.07, 6.45) is 3.15. The Kier molecular flexibility index (Phi) is 5.29. The Hall–Kier alpha value is -3.58. The van der Waals surface area contributed by atoms with Crippen LogP contribution in [0.15, 0.2) is 73.2 Å². The van der Waals surface area contributed by atoms with Crippen LogP contribution in [0.4, 0.5) is 20.3 Å². The molecule has 5 rings (SSSR count). The molecule has 0 aliphatic rings. The minimum Gasteiger partial charge on any atom is -0.340 e. The molecule has 0 aliphatic heterocycles. The number of aromatic nitrogens is 4. The van der Waals surface area contributed by atoms with E-state index in [0.717, 1.165) is 22.2 Å². The van der Waals surface area contributed by atoms with Crippen LogP contribution in [-0.2, 0) is 6.54 Å². The second-order valence-corrected chi connectivity index (χ2v) is 6.69. The van der Waals surface area contributed by atoms with Gasteiger partial charge in [0.05, 0.1) is 29.2 Å². The van der Waals surface area contributed by atoms with E-state index in [-0.39, 0.29) is 24.0 Å². The third kappa shape index (κ3) is 3.67. The molecule has 0 radical (unpaired) electrons. The Morgan fingerprint density at radius 3 is 2.67 bits per heavy atom. The third-order valence-corrected chi connectivity index (χ3v) is 4.74. The molecule has 30 heavy (non-hydrogen) atoms. The number of hydrogen-bond acceptors (Lipinski definition) is 4. The Bertz CT molecular complexity index is 1350. The summed E-state index contributed by atoms with van der Waals surface area (Å²) < 4.78 is 29.5. The number of hydrogen-bond donors (Lipinski definition) is 1. The van der Waals surface area contributed by atoms with Gasteiger partial charge >= 0.3 is 0 Å². The zero-order valence-corrected chi connectivity index (χ0v) is 16.4. The van der Waals surface area contributed by atoms with Gasteiger partial charge in [-0.25, -0.2) is 18.7 Å². The van der Waals surface area contributed by atoms with Crippen LogP contribution >= 0.6 is 12.4 Å². The summed E-state index contributed by atoms with van der Waals surface area (Å²) in [4.78, 5) is 8.31. The molecular formula is C22H16ClF2N5. The molecule has 0 spiro atoms. The third-order valence-electron chi connectivity index (χ3n) is 4.74. The molecule has 3 aromatic carbocycles. The highest BCUT2D eigenvalue weighted by Gasteiger charge is 2.10. The van der Waals surface area contributed by atoms with E-state index in [1.807, 2.05) is 28.9 Å². The molecule has 2 aromatic heterocycles. The van der Waals surface area contributed by atoms with Crippen LogP contribution in [0.2, 0.25) is 0 Å². The predicted molar refractivity (Wildman–Crippen MR) is 115 cm³/mol. The molecule has 0 saturated heterocycles. The first-order valence-electron chi connectivity index (χ1n) is 9.04. The lowest BCUT2D eigenvalue weighted by atomic mass is 10.2. The van der Waals surface area contributed by atoms with E-state index >= 15 is 0 Å². The van der Waals surface area contributed by atoms with Crippen LogP contribution in [0.3, 0.4) is 0 Å². The van der Waals surface area contributed by atoms with Crippen molar-refractivity contribution < 1.29 is 8.78 Å². The van der Waals surface area contributed by atoms with Crippen LogP contribution < -0.4 is 5.32 Å². The number of rotatable bonds is 4. The van der Waals surface area contributed by atoms with E-state index in [9.17, 15) is 8.78 Å². The lowest BCUT2D eigenvalue weighted by Crippen LogP contribution is -2.01. The number of benzene rings is 3. The maximum Gasteiger partial charge on any atom is 0.144 e. The van der Waals surface area contributed by atoms with E-state index in [2.05, 4.69) is 20.4 Å². The molecule has 0 unspecified atom stereocenters. The summed E-state index contributed by atoms with van der Waals surface area (Å²) in [5, 5.41) is 8.83. The predicted octanol–water partition coefficient (Wildman–Crippen LogP) is 5.47. The first-order chi connectivity index (χ1) is 14.2.